The molecule has 30 heavy (non-hydrogen) atoms. The first-order chi connectivity index (χ1) is 14.1. The number of hydrogen-bond donors (Lipinski definition) is 1. The van der Waals surface area contributed by atoms with E-state index in [-0.39, 0.29) is 5.78 Å². The molecule has 156 valence electrons. The van der Waals surface area contributed by atoms with E-state index in [2.05, 4.69) is 4.98 Å². The molecular weight excluding hydrogens is 402 g/mol. The summed E-state index contributed by atoms with van der Waals surface area (Å²) in [5.41, 5.74) is 2.04. The van der Waals surface area contributed by atoms with Gasteiger partial charge in [-0.25, -0.2) is 4.79 Å². The molecule has 1 aromatic carbocycles. The van der Waals surface area contributed by atoms with Gasteiger partial charge < -0.3 is 14.3 Å². The van der Waals surface area contributed by atoms with Crippen molar-refractivity contribution in [3.05, 3.63) is 59.1 Å². The third-order valence-electron chi connectivity index (χ3n) is 4.69. The highest BCUT2D eigenvalue weighted by Gasteiger charge is 2.30. The maximum absolute atomic E-state index is 12.7. The molecule has 3 rings (SSSR count). The highest BCUT2D eigenvalue weighted by molar-refractivity contribution is 7.98. The Morgan fingerprint density at radius 2 is 1.90 bits per heavy atom. The second-order valence-electron chi connectivity index (χ2n) is 7.44. The predicted molar refractivity (Wildman–Crippen MR) is 117 cm³/mol. The Bertz CT molecular complexity index is 1140. The quantitative estimate of drug-likeness (QED) is 0.312. The van der Waals surface area contributed by atoms with Gasteiger partial charge in [0.25, 0.3) is 0 Å². The zero-order valence-electron chi connectivity index (χ0n) is 17.5. The van der Waals surface area contributed by atoms with E-state index in [0.29, 0.717) is 22.4 Å². The number of carbonyl (C=O) groups excluding carboxylic acids is 1. The van der Waals surface area contributed by atoms with Gasteiger partial charge in [0.05, 0.1) is 16.5 Å². The molecule has 3 aromatic rings. The van der Waals surface area contributed by atoms with Crippen LogP contribution in [-0.4, -0.2) is 33.7 Å². The summed E-state index contributed by atoms with van der Waals surface area (Å²) in [7, 11) is 0. The summed E-state index contributed by atoms with van der Waals surface area (Å²) in [5.74, 6) is -0.738. The van der Waals surface area contributed by atoms with Crippen LogP contribution in [0.25, 0.3) is 17.0 Å². The van der Waals surface area contributed by atoms with Crippen molar-refractivity contribution < 1.29 is 23.8 Å². The third-order valence-corrected chi connectivity index (χ3v) is 5.42. The standard InChI is InChI=1S/C23H23NO5S/c1-13-10-15(11-14(2)20(13)29-23(3,4)22(26)27)6-7-17(25)19-16-8-9-28-21(16)18(30-5)12-24-19/h6-12H,1-5H3,(H,26,27)/b7-6+. The Morgan fingerprint density at radius 3 is 2.50 bits per heavy atom. The van der Waals surface area contributed by atoms with E-state index in [1.54, 1.807) is 24.6 Å². The van der Waals surface area contributed by atoms with Crippen LogP contribution >= 0.6 is 11.8 Å². The fourth-order valence-electron chi connectivity index (χ4n) is 3.07. The molecule has 0 amide bonds. The number of carboxylic acid groups (broad SMARTS) is 1. The van der Waals surface area contributed by atoms with Gasteiger partial charge in [-0.3, -0.25) is 9.78 Å². The lowest BCUT2D eigenvalue weighted by atomic mass is 10.0. The zero-order chi connectivity index (χ0) is 22.1. The lowest BCUT2D eigenvalue weighted by Gasteiger charge is -2.24. The Morgan fingerprint density at radius 1 is 1.23 bits per heavy atom. The highest BCUT2D eigenvalue weighted by Crippen LogP contribution is 2.30. The highest BCUT2D eigenvalue weighted by atomic mass is 32.2. The van der Waals surface area contributed by atoms with Crippen molar-refractivity contribution >= 4 is 40.6 Å². The second kappa shape index (κ2) is 8.36. The van der Waals surface area contributed by atoms with Crippen molar-refractivity contribution in [2.24, 2.45) is 0 Å². The number of nitrogens with zero attached hydrogens (tertiary/aromatic N) is 1. The van der Waals surface area contributed by atoms with Gasteiger partial charge in [-0.15, -0.1) is 11.8 Å². The first-order valence-corrected chi connectivity index (χ1v) is 10.5. The summed E-state index contributed by atoms with van der Waals surface area (Å²) >= 11 is 1.51. The fraction of sp³-hybridized carbons (Fsp3) is 0.261. The molecule has 0 bridgehead atoms. The maximum Gasteiger partial charge on any atom is 0.347 e. The van der Waals surface area contributed by atoms with Gasteiger partial charge in [0, 0.05) is 6.20 Å². The summed E-state index contributed by atoms with van der Waals surface area (Å²) in [6.45, 7) is 6.70. The van der Waals surface area contributed by atoms with Crippen LogP contribution in [0.5, 0.6) is 5.75 Å². The number of benzene rings is 1. The second-order valence-corrected chi connectivity index (χ2v) is 8.29. The molecule has 0 aliphatic carbocycles. The van der Waals surface area contributed by atoms with E-state index < -0.39 is 11.6 Å². The minimum atomic E-state index is -1.34. The molecule has 0 radical (unpaired) electrons. The van der Waals surface area contributed by atoms with Crippen molar-refractivity contribution in [1.82, 2.24) is 4.98 Å². The van der Waals surface area contributed by atoms with Gasteiger partial charge in [0.2, 0.25) is 5.78 Å². The molecule has 0 unspecified atom stereocenters. The topological polar surface area (TPSA) is 89.6 Å². The van der Waals surface area contributed by atoms with Gasteiger partial charge in [-0.1, -0.05) is 6.08 Å². The number of aliphatic carboxylic acids is 1. The van der Waals surface area contributed by atoms with E-state index in [1.165, 1.54) is 31.7 Å². The number of ether oxygens (including phenoxy) is 1. The molecular formula is C23H23NO5S. The van der Waals surface area contributed by atoms with Gasteiger partial charge in [0.15, 0.2) is 11.2 Å². The summed E-state index contributed by atoms with van der Waals surface area (Å²) in [6.07, 6.45) is 8.31. The number of rotatable bonds is 7. The van der Waals surface area contributed by atoms with Gasteiger partial charge in [-0.2, -0.15) is 0 Å². The van der Waals surface area contributed by atoms with Gasteiger partial charge in [-0.05, 0) is 74.9 Å². The van der Waals surface area contributed by atoms with Crippen molar-refractivity contribution in [3.8, 4) is 5.75 Å². The average molecular weight is 426 g/mol. The smallest absolute Gasteiger partial charge is 0.347 e. The van der Waals surface area contributed by atoms with E-state index in [4.69, 9.17) is 9.15 Å². The molecule has 0 aliphatic rings. The average Bonchev–Trinajstić information content (AvgIpc) is 3.18. The lowest BCUT2D eigenvalue weighted by molar-refractivity contribution is -0.152. The van der Waals surface area contributed by atoms with Crippen molar-refractivity contribution in [2.75, 3.05) is 6.26 Å². The number of carboxylic acids is 1. The Balaban J connectivity index is 1.87. The summed E-state index contributed by atoms with van der Waals surface area (Å²) in [5, 5.41) is 9.98. The van der Waals surface area contributed by atoms with Crippen LogP contribution < -0.4 is 4.74 Å². The number of hydrogen-bond acceptors (Lipinski definition) is 6. The van der Waals surface area contributed by atoms with Gasteiger partial charge >= 0.3 is 5.97 Å². The largest absolute Gasteiger partial charge is 0.478 e. The van der Waals surface area contributed by atoms with Crippen LogP contribution in [0, 0.1) is 13.8 Å². The minimum Gasteiger partial charge on any atom is -0.478 e. The number of furan rings is 1. The van der Waals surface area contributed by atoms with Crippen LogP contribution in [0.1, 0.15) is 41.0 Å². The number of aryl methyl sites for hydroxylation is 2. The lowest BCUT2D eigenvalue weighted by Crippen LogP contribution is -2.38. The van der Waals surface area contributed by atoms with E-state index in [0.717, 1.165) is 21.6 Å². The van der Waals surface area contributed by atoms with Crippen molar-refractivity contribution in [3.63, 3.8) is 0 Å². The Hall–Kier alpha value is -3.06. The maximum atomic E-state index is 12.7. The van der Waals surface area contributed by atoms with Crippen LogP contribution in [0.3, 0.4) is 0 Å². The normalized spacial score (nSPS) is 11.9. The molecule has 7 heteroatoms. The van der Waals surface area contributed by atoms with E-state index in [1.807, 2.05) is 32.2 Å². The van der Waals surface area contributed by atoms with E-state index >= 15 is 0 Å². The summed E-state index contributed by atoms with van der Waals surface area (Å²) < 4.78 is 11.2. The molecule has 0 atom stereocenters. The van der Waals surface area contributed by atoms with Crippen LogP contribution in [-0.2, 0) is 4.79 Å². The molecule has 1 N–H and O–H groups in total. The number of ketones is 1. The number of aromatic nitrogens is 1. The Kier molecular flexibility index (Phi) is 6.03. The monoisotopic (exact) mass is 425 g/mol. The first-order valence-electron chi connectivity index (χ1n) is 9.30. The molecule has 0 spiro atoms. The molecule has 0 fully saturated rings. The van der Waals surface area contributed by atoms with Crippen molar-refractivity contribution in [2.45, 2.75) is 38.2 Å². The minimum absolute atomic E-state index is 0.225. The van der Waals surface area contributed by atoms with Crippen LogP contribution in [0.15, 0.2) is 46.0 Å². The molecule has 0 saturated heterocycles. The number of thioether (sulfide) groups is 1. The summed E-state index contributed by atoms with van der Waals surface area (Å²) in [6, 6.07) is 5.44. The first kappa shape index (κ1) is 21.6. The molecule has 0 aliphatic heterocycles. The SMILES string of the molecule is CSc1cnc(C(=O)/C=C/c2cc(C)c(OC(C)(C)C(=O)O)c(C)c2)c2ccoc12. The molecule has 2 aromatic heterocycles. The zero-order valence-corrected chi connectivity index (χ0v) is 18.3. The van der Waals surface area contributed by atoms with Crippen LogP contribution in [0.4, 0.5) is 0 Å². The number of allylic oxidation sites excluding steroid dienone is 1. The summed E-state index contributed by atoms with van der Waals surface area (Å²) in [4.78, 5) is 29.3. The number of pyridine rings is 1. The van der Waals surface area contributed by atoms with E-state index in [9.17, 15) is 14.7 Å². The number of carbonyl (C=O) groups is 2. The molecule has 6 nitrogen and oxygen atoms in total. The fourth-order valence-corrected chi connectivity index (χ4v) is 3.57. The van der Waals surface area contributed by atoms with Gasteiger partial charge in [0.1, 0.15) is 11.4 Å². The molecule has 0 saturated carbocycles. The third kappa shape index (κ3) is 4.26. The van der Waals surface area contributed by atoms with Crippen molar-refractivity contribution in [1.29, 1.82) is 0 Å². The predicted octanol–water partition coefficient (Wildman–Crippen LogP) is 5.30. The Labute approximate surface area is 178 Å². The molecule has 2 heterocycles. The number of fused-ring (bicyclic) bond motifs is 1. The van der Waals surface area contributed by atoms with Crippen LogP contribution in [0.2, 0.25) is 0 Å².